The lowest BCUT2D eigenvalue weighted by Crippen LogP contribution is -2.51. The fourth-order valence-electron chi connectivity index (χ4n) is 3.17. The van der Waals surface area contributed by atoms with Crippen LogP contribution in [0.2, 0.25) is 0 Å². The van der Waals surface area contributed by atoms with Crippen LogP contribution in [0.25, 0.3) is 5.65 Å². The first-order chi connectivity index (χ1) is 11.6. The molecule has 1 atom stereocenters. The van der Waals surface area contributed by atoms with Gasteiger partial charge in [0.25, 0.3) is 0 Å². The summed E-state index contributed by atoms with van der Waals surface area (Å²) in [6.45, 7) is 10.3. The van der Waals surface area contributed by atoms with Crippen molar-refractivity contribution in [2.75, 3.05) is 44.6 Å². The zero-order valence-corrected chi connectivity index (χ0v) is 14.2. The fraction of sp³-hybridized carbons (Fsp3) is 0.562. The largest absolute Gasteiger partial charge is 0.372 e. The normalized spacial score (nSPS) is 17.9. The Hall–Kier alpha value is -2.19. The smallest absolute Gasteiger partial charge is 0.361 e. The predicted octanol–water partition coefficient (Wildman–Crippen LogP) is 1.68. The summed E-state index contributed by atoms with van der Waals surface area (Å²) in [6, 6.07) is 5.66. The van der Waals surface area contributed by atoms with Gasteiger partial charge in [0, 0.05) is 44.8 Å². The van der Waals surface area contributed by atoms with Crippen LogP contribution in [0.3, 0.4) is 0 Å². The summed E-state index contributed by atoms with van der Waals surface area (Å²) >= 11 is 0. The molecule has 1 saturated heterocycles. The molecule has 2 aromatic heterocycles. The molecule has 3 rings (SSSR count). The standard InChI is InChI=1S/C16H24N6O2/c1-3-19-8-10-20(11-9-19)13(2)12-17-15-16(22(23)24)21-7-5-4-6-14(21)18-15/h4-7,13,17H,3,8-12H2,1-2H3. The third kappa shape index (κ3) is 3.34. The lowest BCUT2D eigenvalue weighted by molar-refractivity contribution is -0.389. The molecule has 1 aliphatic heterocycles. The molecule has 0 amide bonds. The van der Waals surface area contributed by atoms with Crippen molar-refractivity contribution in [3.63, 3.8) is 0 Å². The first-order valence-electron chi connectivity index (χ1n) is 8.42. The van der Waals surface area contributed by atoms with E-state index in [0.29, 0.717) is 24.1 Å². The summed E-state index contributed by atoms with van der Waals surface area (Å²) in [4.78, 5) is 20.2. The zero-order valence-electron chi connectivity index (χ0n) is 14.2. The quantitative estimate of drug-likeness (QED) is 0.640. The average molecular weight is 332 g/mol. The monoisotopic (exact) mass is 332 g/mol. The third-order valence-electron chi connectivity index (χ3n) is 4.72. The van der Waals surface area contributed by atoms with Crippen molar-refractivity contribution >= 4 is 17.3 Å². The van der Waals surface area contributed by atoms with Gasteiger partial charge < -0.3 is 20.3 Å². The van der Waals surface area contributed by atoms with Crippen molar-refractivity contribution in [2.45, 2.75) is 19.9 Å². The summed E-state index contributed by atoms with van der Waals surface area (Å²) < 4.78 is 1.51. The van der Waals surface area contributed by atoms with Crippen LogP contribution in [0.4, 0.5) is 11.6 Å². The molecule has 130 valence electrons. The van der Waals surface area contributed by atoms with Crippen molar-refractivity contribution in [2.24, 2.45) is 0 Å². The van der Waals surface area contributed by atoms with Gasteiger partial charge in [0.05, 0.1) is 6.20 Å². The molecule has 1 fully saturated rings. The Balaban J connectivity index is 1.67. The van der Waals surface area contributed by atoms with E-state index >= 15 is 0 Å². The molecular weight excluding hydrogens is 308 g/mol. The van der Waals surface area contributed by atoms with Gasteiger partial charge in [-0.1, -0.05) is 13.0 Å². The highest BCUT2D eigenvalue weighted by Gasteiger charge is 2.24. The molecule has 0 aromatic carbocycles. The van der Waals surface area contributed by atoms with E-state index in [2.05, 4.69) is 33.9 Å². The number of aromatic nitrogens is 2. The second-order valence-corrected chi connectivity index (χ2v) is 6.17. The number of hydrogen-bond acceptors (Lipinski definition) is 6. The van der Waals surface area contributed by atoms with Gasteiger partial charge in [-0.3, -0.25) is 4.90 Å². The van der Waals surface area contributed by atoms with Crippen LogP contribution in [0.5, 0.6) is 0 Å². The van der Waals surface area contributed by atoms with E-state index in [1.54, 1.807) is 18.3 Å². The number of hydrogen-bond donors (Lipinski definition) is 1. The predicted molar refractivity (Wildman–Crippen MR) is 93.5 cm³/mol. The molecule has 2 aromatic rings. The van der Waals surface area contributed by atoms with Gasteiger partial charge in [0.15, 0.2) is 0 Å². The Labute approximate surface area is 141 Å². The second-order valence-electron chi connectivity index (χ2n) is 6.17. The molecule has 8 heteroatoms. The maximum absolute atomic E-state index is 11.4. The maximum atomic E-state index is 11.4. The van der Waals surface area contributed by atoms with Crippen LogP contribution < -0.4 is 5.32 Å². The minimum atomic E-state index is -0.382. The summed E-state index contributed by atoms with van der Waals surface area (Å²) in [7, 11) is 0. The molecule has 0 bridgehead atoms. The lowest BCUT2D eigenvalue weighted by Gasteiger charge is -2.37. The summed E-state index contributed by atoms with van der Waals surface area (Å²) in [5.74, 6) is 0.332. The Bertz CT molecular complexity index is 708. The highest BCUT2D eigenvalue weighted by molar-refractivity contribution is 5.62. The third-order valence-corrected chi connectivity index (χ3v) is 4.72. The van der Waals surface area contributed by atoms with Crippen molar-refractivity contribution < 1.29 is 4.92 Å². The van der Waals surface area contributed by atoms with Crippen LogP contribution in [0.1, 0.15) is 13.8 Å². The Morgan fingerprint density at radius 3 is 2.75 bits per heavy atom. The molecule has 0 radical (unpaired) electrons. The first kappa shape index (κ1) is 16.7. The van der Waals surface area contributed by atoms with E-state index in [4.69, 9.17) is 0 Å². The van der Waals surface area contributed by atoms with Gasteiger partial charge in [-0.05, 0) is 24.5 Å². The Kier molecular flexibility index (Phi) is 4.96. The number of nitrogens with zero attached hydrogens (tertiary/aromatic N) is 5. The average Bonchev–Trinajstić information content (AvgIpc) is 2.98. The summed E-state index contributed by atoms with van der Waals surface area (Å²) in [5.41, 5.74) is 0.580. The Morgan fingerprint density at radius 1 is 1.33 bits per heavy atom. The van der Waals surface area contributed by atoms with Gasteiger partial charge in [-0.2, -0.15) is 9.38 Å². The van der Waals surface area contributed by atoms with Crippen molar-refractivity contribution in [3.8, 4) is 0 Å². The van der Waals surface area contributed by atoms with Crippen LogP contribution in [0.15, 0.2) is 24.4 Å². The highest BCUT2D eigenvalue weighted by Crippen LogP contribution is 2.25. The number of anilines is 1. The maximum Gasteiger partial charge on any atom is 0.372 e. The zero-order chi connectivity index (χ0) is 17.1. The van der Waals surface area contributed by atoms with Crippen LogP contribution in [-0.2, 0) is 0 Å². The number of nitrogens with one attached hydrogen (secondary N) is 1. The van der Waals surface area contributed by atoms with Crippen LogP contribution in [-0.4, -0.2) is 69.4 Å². The number of nitro groups is 1. The number of likely N-dealkylation sites (N-methyl/N-ethyl adjacent to an activating group) is 1. The van der Waals surface area contributed by atoms with E-state index < -0.39 is 0 Å². The highest BCUT2D eigenvalue weighted by atomic mass is 16.6. The van der Waals surface area contributed by atoms with Gasteiger partial charge >= 0.3 is 5.82 Å². The molecule has 1 N–H and O–H groups in total. The summed E-state index contributed by atoms with van der Waals surface area (Å²) in [5, 5.41) is 14.6. The topological polar surface area (TPSA) is 79.0 Å². The van der Waals surface area contributed by atoms with E-state index in [1.165, 1.54) is 4.40 Å². The molecule has 0 aliphatic carbocycles. The molecule has 8 nitrogen and oxygen atoms in total. The van der Waals surface area contributed by atoms with Gasteiger partial charge in [0.2, 0.25) is 11.5 Å². The van der Waals surface area contributed by atoms with Gasteiger partial charge in [-0.25, -0.2) is 0 Å². The fourth-order valence-corrected chi connectivity index (χ4v) is 3.17. The number of imidazole rings is 1. The van der Waals surface area contributed by atoms with Crippen molar-refractivity contribution in [1.82, 2.24) is 19.2 Å². The molecule has 1 aliphatic rings. The SMILES string of the molecule is CCN1CCN(C(C)CNc2nc3ccccn3c2[N+](=O)[O-])CC1. The second kappa shape index (κ2) is 7.14. The van der Waals surface area contributed by atoms with Crippen molar-refractivity contribution in [3.05, 3.63) is 34.5 Å². The molecule has 1 unspecified atom stereocenters. The van der Waals surface area contributed by atoms with E-state index in [9.17, 15) is 10.1 Å². The number of piperazine rings is 1. The molecule has 0 spiro atoms. The van der Waals surface area contributed by atoms with E-state index in [-0.39, 0.29) is 10.7 Å². The van der Waals surface area contributed by atoms with Gasteiger partial charge in [-0.15, -0.1) is 0 Å². The first-order valence-corrected chi connectivity index (χ1v) is 8.42. The molecule has 24 heavy (non-hydrogen) atoms. The minimum Gasteiger partial charge on any atom is -0.361 e. The van der Waals surface area contributed by atoms with Crippen molar-refractivity contribution in [1.29, 1.82) is 0 Å². The van der Waals surface area contributed by atoms with Crippen LogP contribution in [0, 0.1) is 10.1 Å². The minimum absolute atomic E-state index is 0.00592. The van der Waals surface area contributed by atoms with Crippen LogP contribution >= 0.6 is 0 Å². The number of pyridine rings is 1. The molecular formula is C16H24N6O2. The molecule has 0 saturated carbocycles. The summed E-state index contributed by atoms with van der Waals surface area (Å²) in [6.07, 6.45) is 1.67. The number of fused-ring (bicyclic) bond motifs is 1. The lowest BCUT2D eigenvalue weighted by atomic mass is 10.2. The molecule has 3 heterocycles. The van der Waals surface area contributed by atoms with E-state index in [0.717, 1.165) is 32.7 Å². The van der Waals surface area contributed by atoms with E-state index in [1.807, 2.05) is 6.07 Å². The van der Waals surface area contributed by atoms with Gasteiger partial charge in [0.1, 0.15) is 0 Å². The number of rotatable bonds is 6. The Morgan fingerprint density at radius 2 is 2.08 bits per heavy atom.